The van der Waals surface area contributed by atoms with Crippen molar-refractivity contribution in [3.63, 3.8) is 0 Å². The van der Waals surface area contributed by atoms with Gasteiger partial charge in [-0.25, -0.2) is 0 Å². The highest BCUT2D eigenvalue weighted by atomic mass is 16.2. The minimum atomic E-state index is -0.207. The second-order valence-corrected chi connectivity index (χ2v) is 7.52. The number of amides is 3. The van der Waals surface area contributed by atoms with E-state index in [-0.39, 0.29) is 23.6 Å². The molecule has 5 nitrogen and oxygen atoms in total. The van der Waals surface area contributed by atoms with Crippen LogP contribution in [0.25, 0.3) is 0 Å². The van der Waals surface area contributed by atoms with Crippen molar-refractivity contribution in [2.75, 3.05) is 13.1 Å². The molecule has 0 unspecified atom stereocenters. The topological polar surface area (TPSA) is 66.5 Å². The smallest absolute Gasteiger partial charge is 0.253 e. The predicted octanol–water partition coefficient (Wildman–Crippen LogP) is 2.66. The van der Waals surface area contributed by atoms with Crippen LogP contribution < -0.4 is 5.32 Å². The Kier molecular flexibility index (Phi) is 7.00. The van der Waals surface area contributed by atoms with Crippen molar-refractivity contribution in [2.24, 2.45) is 17.8 Å². The molecule has 0 radical (unpaired) electrons. The van der Waals surface area contributed by atoms with Crippen LogP contribution in [0.1, 0.15) is 58.8 Å². The molecule has 0 bridgehead atoms. The minimum Gasteiger partial charge on any atom is -0.356 e. The monoisotopic (exact) mass is 334 g/mol. The van der Waals surface area contributed by atoms with Crippen molar-refractivity contribution in [3.05, 3.63) is 12.2 Å². The van der Waals surface area contributed by atoms with Gasteiger partial charge in [-0.15, -0.1) is 0 Å². The third-order valence-corrected chi connectivity index (χ3v) is 5.07. The van der Waals surface area contributed by atoms with Gasteiger partial charge in [0.2, 0.25) is 5.91 Å². The molecule has 2 aliphatic rings. The van der Waals surface area contributed by atoms with E-state index in [2.05, 4.69) is 19.2 Å². The zero-order valence-corrected chi connectivity index (χ0v) is 14.9. The maximum atomic E-state index is 12.2. The predicted molar refractivity (Wildman–Crippen MR) is 93.0 cm³/mol. The van der Waals surface area contributed by atoms with Crippen LogP contribution in [-0.4, -0.2) is 35.7 Å². The quantitative estimate of drug-likeness (QED) is 0.548. The summed E-state index contributed by atoms with van der Waals surface area (Å²) < 4.78 is 0. The number of carbonyl (C=O) groups is 3. The third-order valence-electron chi connectivity index (χ3n) is 5.07. The van der Waals surface area contributed by atoms with Crippen LogP contribution in [0.3, 0.4) is 0 Å². The number of hydrogen-bond acceptors (Lipinski definition) is 3. The van der Waals surface area contributed by atoms with E-state index in [1.807, 2.05) is 0 Å². The van der Waals surface area contributed by atoms with Gasteiger partial charge in [0.15, 0.2) is 0 Å². The molecule has 0 aromatic carbocycles. The van der Waals surface area contributed by atoms with E-state index < -0.39 is 0 Å². The van der Waals surface area contributed by atoms with E-state index in [0.717, 1.165) is 51.0 Å². The molecule has 134 valence electrons. The van der Waals surface area contributed by atoms with Crippen LogP contribution in [0.2, 0.25) is 0 Å². The fourth-order valence-electron chi connectivity index (χ4n) is 3.51. The summed E-state index contributed by atoms with van der Waals surface area (Å²) >= 11 is 0. The molecule has 1 aliphatic carbocycles. The summed E-state index contributed by atoms with van der Waals surface area (Å²) in [7, 11) is 0. The Balaban J connectivity index is 1.62. The molecular weight excluding hydrogens is 304 g/mol. The van der Waals surface area contributed by atoms with Gasteiger partial charge in [-0.1, -0.05) is 26.7 Å². The summed E-state index contributed by atoms with van der Waals surface area (Å²) in [5.41, 5.74) is 0. The van der Waals surface area contributed by atoms with Crippen molar-refractivity contribution in [1.82, 2.24) is 10.2 Å². The first-order valence-corrected chi connectivity index (χ1v) is 9.28. The van der Waals surface area contributed by atoms with Crippen LogP contribution in [0, 0.1) is 17.8 Å². The summed E-state index contributed by atoms with van der Waals surface area (Å²) in [6.07, 6.45) is 9.61. The van der Waals surface area contributed by atoms with Crippen LogP contribution in [0.5, 0.6) is 0 Å². The average molecular weight is 334 g/mol. The normalized spacial score (nSPS) is 24.0. The Morgan fingerprint density at radius 2 is 1.75 bits per heavy atom. The minimum absolute atomic E-state index is 0.0921. The Morgan fingerprint density at radius 3 is 2.33 bits per heavy atom. The number of imide groups is 1. The van der Waals surface area contributed by atoms with Crippen LogP contribution in [0.4, 0.5) is 0 Å². The molecular formula is C19H30N2O3. The number of rotatable bonds is 8. The highest BCUT2D eigenvalue weighted by Crippen LogP contribution is 2.30. The van der Waals surface area contributed by atoms with E-state index in [4.69, 9.17) is 0 Å². The highest BCUT2D eigenvalue weighted by molar-refractivity contribution is 6.12. The molecule has 2 rings (SSSR count). The first-order chi connectivity index (χ1) is 11.5. The Hall–Kier alpha value is -1.65. The molecule has 0 spiro atoms. The first kappa shape index (κ1) is 18.7. The molecule has 0 aromatic heterocycles. The zero-order valence-electron chi connectivity index (χ0n) is 14.9. The number of unbranched alkanes of at least 4 members (excludes halogenated alkanes) is 1. The maximum absolute atomic E-state index is 12.2. The summed E-state index contributed by atoms with van der Waals surface area (Å²) in [4.78, 5) is 36.7. The van der Waals surface area contributed by atoms with E-state index >= 15 is 0 Å². The molecule has 5 heteroatoms. The summed E-state index contributed by atoms with van der Waals surface area (Å²) in [6, 6.07) is 0. The molecule has 3 amide bonds. The van der Waals surface area contributed by atoms with Gasteiger partial charge in [0.1, 0.15) is 0 Å². The fourth-order valence-corrected chi connectivity index (χ4v) is 3.51. The van der Waals surface area contributed by atoms with Gasteiger partial charge in [0.25, 0.3) is 11.8 Å². The largest absolute Gasteiger partial charge is 0.356 e. The Labute approximate surface area is 144 Å². The molecule has 1 N–H and O–H groups in total. The van der Waals surface area contributed by atoms with E-state index in [0.29, 0.717) is 12.5 Å². The van der Waals surface area contributed by atoms with Gasteiger partial charge in [-0.05, 0) is 43.9 Å². The Bertz CT molecular complexity index is 473. The lowest BCUT2D eigenvalue weighted by Gasteiger charge is -2.30. The van der Waals surface area contributed by atoms with Gasteiger partial charge in [-0.3, -0.25) is 19.3 Å². The third kappa shape index (κ3) is 5.46. The lowest BCUT2D eigenvalue weighted by molar-refractivity contribution is -0.138. The van der Waals surface area contributed by atoms with E-state index in [1.165, 1.54) is 23.5 Å². The van der Waals surface area contributed by atoms with Crippen molar-refractivity contribution in [1.29, 1.82) is 0 Å². The Morgan fingerprint density at radius 1 is 1.12 bits per heavy atom. The van der Waals surface area contributed by atoms with Gasteiger partial charge >= 0.3 is 0 Å². The number of nitrogens with zero attached hydrogens (tertiary/aromatic N) is 1. The maximum Gasteiger partial charge on any atom is 0.253 e. The first-order valence-electron chi connectivity index (χ1n) is 9.28. The molecule has 0 atom stereocenters. The molecule has 1 heterocycles. The van der Waals surface area contributed by atoms with Gasteiger partial charge < -0.3 is 5.32 Å². The second-order valence-electron chi connectivity index (χ2n) is 7.52. The molecule has 24 heavy (non-hydrogen) atoms. The van der Waals surface area contributed by atoms with Crippen molar-refractivity contribution < 1.29 is 14.4 Å². The van der Waals surface area contributed by atoms with Crippen LogP contribution in [0.15, 0.2) is 12.2 Å². The second kappa shape index (κ2) is 9.00. The van der Waals surface area contributed by atoms with Gasteiger partial charge in [-0.2, -0.15) is 0 Å². The molecule has 1 fully saturated rings. The fraction of sp³-hybridized carbons (Fsp3) is 0.737. The van der Waals surface area contributed by atoms with Gasteiger partial charge in [0.05, 0.1) is 0 Å². The van der Waals surface area contributed by atoms with E-state index in [9.17, 15) is 14.4 Å². The summed E-state index contributed by atoms with van der Waals surface area (Å²) in [5, 5.41) is 3.06. The lowest BCUT2D eigenvalue weighted by atomic mass is 9.81. The standard InChI is InChI=1S/C19H30N2O3/c1-14(2)5-3-4-12-20-19(24)16-8-6-15(7-9-16)13-21-17(22)10-11-18(21)23/h10-11,14-16H,3-9,12-13H2,1-2H3,(H,20,24). The zero-order chi connectivity index (χ0) is 17.5. The lowest BCUT2D eigenvalue weighted by Crippen LogP contribution is -2.38. The average Bonchev–Trinajstić information content (AvgIpc) is 2.86. The molecule has 0 aromatic rings. The van der Waals surface area contributed by atoms with Crippen LogP contribution >= 0.6 is 0 Å². The number of carbonyl (C=O) groups excluding carboxylic acids is 3. The number of hydrogen-bond donors (Lipinski definition) is 1. The SMILES string of the molecule is CC(C)CCCCNC(=O)C1CCC(CN2C(=O)C=CC2=O)CC1. The van der Waals surface area contributed by atoms with Crippen LogP contribution in [-0.2, 0) is 14.4 Å². The van der Waals surface area contributed by atoms with Crippen molar-refractivity contribution in [2.45, 2.75) is 58.8 Å². The number of nitrogens with one attached hydrogen (secondary N) is 1. The summed E-state index contributed by atoms with van der Waals surface area (Å²) in [5.74, 6) is 0.901. The molecule has 0 saturated heterocycles. The van der Waals surface area contributed by atoms with E-state index in [1.54, 1.807) is 0 Å². The summed E-state index contributed by atoms with van der Waals surface area (Å²) in [6.45, 7) is 5.70. The van der Waals surface area contributed by atoms with Crippen molar-refractivity contribution >= 4 is 17.7 Å². The highest BCUT2D eigenvalue weighted by Gasteiger charge is 2.31. The van der Waals surface area contributed by atoms with Crippen molar-refractivity contribution in [3.8, 4) is 0 Å². The molecule has 1 saturated carbocycles. The molecule has 1 aliphatic heterocycles. The van der Waals surface area contributed by atoms with Gasteiger partial charge in [0, 0.05) is 31.2 Å².